The zero-order valence-electron chi connectivity index (χ0n) is 21.7. The van der Waals surface area contributed by atoms with E-state index in [4.69, 9.17) is 14.6 Å². The molecule has 0 saturated heterocycles. The van der Waals surface area contributed by atoms with Crippen LogP contribution in [0.25, 0.3) is 0 Å². The van der Waals surface area contributed by atoms with Gasteiger partial charge in [0.05, 0.1) is 11.5 Å². The van der Waals surface area contributed by atoms with E-state index in [0.717, 1.165) is 38.5 Å². The number of hydrogen-bond acceptors (Lipinski definition) is 4. The highest BCUT2D eigenvalue weighted by atomic mass is 16.5. The SMILES string of the molecule is CC.CCC(O)CCOC.CCC1C(C)C=CC2=CCCC(OC(=O)C(C)(C)CC)C21. The highest BCUT2D eigenvalue weighted by Crippen LogP contribution is 2.43. The molecule has 31 heavy (non-hydrogen) atoms. The van der Waals surface area contributed by atoms with Crippen molar-refractivity contribution in [3.63, 3.8) is 0 Å². The van der Waals surface area contributed by atoms with Gasteiger partial charge in [-0.25, -0.2) is 0 Å². The number of methoxy groups -OCH3 is 1. The number of aliphatic hydroxyl groups is 1. The number of esters is 1. The molecule has 0 bridgehead atoms. The largest absolute Gasteiger partial charge is 0.461 e. The van der Waals surface area contributed by atoms with Crippen LogP contribution in [0, 0.1) is 23.2 Å². The summed E-state index contributed by atoms with van der Waals surface area (Å²) in [5.74, 6) is 1.51. The van der Waals surface area contributed by atoms with Gasteiger partial charge in [-0.2, -0.15) is 0 Å². The Bertz CT molecular complexity index is 549. The van der Waals surface area contributed by atoms with Gasteiger partial charge >= 0.3 is 5.97 Å². The van der Waals surface area contributed by atoms with E-state index >= 15 is 0 Å². The standard InChI is InChI=1S/C19H30O2.C6H14O2.C2H6/c1-6-15-13(3)11-12-14-9-8-10-16(17(14)15)21-18(20)19(4,5)7-2;1-3-6(7)4-5-8-2;1-2/h9,11-13,15-17H,6-8,10H2,1-5H3;6-7H,3-5H2,1-2H3;1-2H3. The predicted molar refractivity (Wildman–Crippen MR) is 131 cm³/mol. The Balaban J connectivity index is 0.000000762. The van der Waals surface area contributed by atoms with E-state index in [1.54, 1.807) is 7.11 Å². The minimum absolute atomic E-state index is 0.0340. The number of rotatable bonds is 8. The quantitative estimate of drug-likeness (QED) is 0.427. The number of allylic oxidation sites excluding steroid dienone is 3. The molecule has 0 saturated carbocycles. The molecule has 2 aliphatic rings. The minimum atomic E-state index is -0.376. The van der Waals surface area contributed by atoms with Gasteiger partial charge in [-0.15, -0.1) is 0 Å². The van der Waals surface area contributed by atoms with Crippen molar-refractivity contribution in [2.75, 3.05) is 13.7 Å². The van der Waals surface area contributed by atoms with Crippen molar-refractivity contribution in [3.8, 4) is 0 Å². The fourth-order valence-corrected chi connectivity index (χ4v) is 4.04. The van der Waals surface area contributed by atoms with Crippen molar-refractivity contribution in [1.29, 1.82) is 0 Å². The number of fused-ring (bicyclic) bond motifs is 1. The Labute approximate surface area is 192 Å². The molecule has 0 aromatic carbocycles. The smallest absolute Gasteiger partial charge is 0.311 e. The van der Waals surface area contributed by atoms with Crippen LogP contribution in [0.15, 0.2) is 23.8 Å². The number of hydrogen-bond donors (Lipinski definition) is 1. The van der Waals surface area contributed by atoms with Crippen LogP contribution in [0.2, 0.25) is 0 Å². The van der Waals surface area contributed by atoms with Crippen LogP contribution in [0.5, 0.6) is 0 Å². The second kappa shape index (κ2) is 15.6. The molecule has 0 fully saturated rings. The van der Waals surface area contributed by atoms with E-state index in [1.807, 2.05) is 41.5 Å². The highest BCUT2D eigenvalue weighted by molar-refractivity contribution is 5.76. The summed E-state index contributed by atoms with van der Waals surface area (Å²) in [6.45, 7) is 17.2. The fourth-order valence-electron chi connectivity index (χ4n) is 4.04. The molecule has 0 radical (unpaired) electrons. The molecule has 4 nitrogen and oxygen atoms in total. The maximum absolute atomic E-state index is 12.5. The lowest BCUT2D eigenvalue weighted by Gasteiger charge is -2.42. The Morgan fingerprint density at radius 1 is 1.26 bits per heavy atom. The molecular weight excluding hydrogens is 388 g/mol. The van der Waals surface area contributed by atoms with Gasteiger partial charge in [-0.1, -0.05) is 66.2 Å². The zero-order valence-corrected chi connectivity index (χ0v) is 21.7. The Kier molecular flexibility index (Phi) is 15.1. The lowest BCUT2D eigenvalue weighted by Crippen LogP contribution is -2.41. The molecule has 4 heteroatoms. The Morgan fingerprint density at radius 3 is 2.42 bits per heavy atom. The molecule has 0 spiro atoms. The van der Waals surface area contributed by atoms with Crippen LogP contribution in [0.3, 0.4) is 0 Å². The van der Waals surface area contributed by atoms with E-state index in [1.165, 1.54) is 5.57 Å². The lowest BCUT2D eigenvalue weighted by atomic mass is 9.67. The summed E-state index contributed by atoms with van der Waals surface area (Å²) < 4.78 is 10.7. The van der Waals surface area contributed by atoms with E-state index in [-0.39, 0.29) is 23.6 Å². The third-order valence-corrected chi connectivity index (χ3v) is 6.64. The van der Waals surface area contributed by atoms with Crippen molar-refractivity contribution in [2.45, 2.75) is 106 Å². The highest BCUT2D eigenvalue weighted by Gasteiger charge is 2.40. The zero-order chi connectivity index (χ0) is 24.0. The van der Waals surface area contributed by atoms with Crippen LogP contribution in [0.1, 0.15) is 93.9 Å². The van der Waals surface area contributed by atoms with E-state index < -0.39 is 0 Å². The first kappa shape index (κ1) is 29.9. The third kappa shape index (κ3) is 9.49. The van der Waals surface area contributed by atoms with Gasteiger partial charge in [0.15, 0.2) is 0 Å². The predicted octanol–water partition coefficient (Wildman–Crippen LogP) is 6.72. The van der Waals surface area contributed by atoms with Crippen molar-refractivity contribution >= 4 is 5.97 Å². The fraction of sp³-hybridized carbons (Fsp3) is 0.815. The van der Waals surface area contributed by atoms with Crippen LogP contribution in [0.4, 0.5) is 0 Å². The van der Waals surface area contributed by atoms with Gasteiger partial charge in [0, 0.05) is 19.6 Å². The first-order chi connectivity index (χ1) is 14.7. The van der Waals surface area contributed by atoms with Crippen LogP contribution >= 0.6 is 0 Å². The van der Waals surface area contributed by atoms with E-state index in [9.17, 15) is 4.79 Å². The summed E-state index contributed by atoms with van der Waals surface area (Å²) in [5, 5.41) is 8.91. The summed E-state index contributed by atoms with van der Waals surface area (Å²) in [5.41, 5.74) is 1.01. The van der Waals surface area contributed by atoms with Gasteiger partial charge in [0.25, 0.3) is 0 Å². The maximum atomic E-state index is 12.5. The topological polar surface area (TPSA) is 55.8 Å². The molecule has 2 rings (SSSR count). The second-order valence-electron chi connectivity index (χ2n) is 9.12. The third-order valence-electron chi connectivity index (χ3n) is 6.64. The Morgan fingerprint density at radius 2 is 1.90 bits per heavy atom. The molecule has 0 amide bonds. The summed E-state index contributed by atoms with van der Waals surface area (Å²) in [6, 6.07) is 0. The minimum Gasteiger partial charge on any atom is -0.461 e. The molecule has 0 heterocycles. The van der Waals surface area contributed by atoms with Crippen LogP contribution < -0.4 is 0 Å². The summed E-state index contributed by atoms with van der Waals surface area (Å²) in [4.78, 5) is 12.5. The van der Waals surface area contributed by atoms with Crippen molar-refractivity contribution < 1.29 is 19.4 Å². The van der Waals surface area contributed by atoms with Crippen molar-refractivity contribution in [3.05, 3.63) is 23.8 Å². The summed E-state index contributed by atoms with van der Waals surface area (Å²) >= 11 is 0. The lowest BCUT2D eigenvalue weighted by molar-refractivity contribution is -0.164. The van der Waals surface area contributed by atoms with Gasteiger partial charge in [-0.3, -0.25) is 4.79 Å². The molecule has 0 aliphatic heterocycles. The number of ether oxygens (including phenoxy) is 2. The molecule has 5 unspecified atom stereocenters. The first-order valence-corrected chi connectivity index (χ1v) is 12.5. The van der Waals surface area contributed by atoms with Crippen molar-refractivity contribution in [2.24, 2.45) is 23.2 Å². The number of carbonyl (C=O) groups is 1. The molecular formula is C27H50O4. The first-order valence-electron chi connectivity index (χ1n) is 12.5. The van der Waals surface area contributed by atoms with Gasteiger partial charge in [0.1, 0.15) is 6.10 Å². The Hall–Kier alpha value is -1.13. The van der Waals surface area contributed by atoms with Gasteiger partial charge < -0.3 is 14.6 Å². The molecule has 1 N–H and O–H groups in total. The van der Waals surface area contributed by atoms with E-state index in [0.29, 0.717) is 24.4 Å². The van der Waals surface area contributed by atoms with Gasteiger partial charge in [0.2, 0.25) is 0 Å². The number of aliphatic hydroxyl groups excluding tert-OH is 1. The molecule has 2 aliphatic carbocycles. The molecule has 0 aromatic heterocycles. The maximum Gasteiger partial charge on any atom is 0.311 e. The second-order valence-corrected chi connectivity index (χ2v) is 9.12. The van der Waals surface area contributed by atoms with Gasteiger partial charge in [-0.05, 0) is 63.4 Å². The molecule has 5 atom stereocenters. The number of carbonyl (C=O) groups excluding carboxylic acids is 1. The normalized spacial score (nSPS) is 25.7. The van der Waals surface area contributed by atoms with Crippen LogP contribution in [-0.2, 0) is 14.3 Å². The average molecular weight is 439 g/mol. The van der Waals surface area contributed by atoms with Crippen LogP contribution in [-0.4, -0.2) is 37.0 Å². The molecule has 182 valence electrons. The monoisotopic (exact) mass is 438 g/mol. The van der Waals surface area contributed by atoms with Crippen molar-refractivity contribution in [1.82, 2.24) is 0 Å². The summed E-state index contributed by atoms with van der Waals surface area (Å²) in [7, 11) is 1.64. The summed E-state index contributed by atoms with van der Waals surface area (Å²) in [6.07, 6.45) is 12.3. The molecule has 0 aromatic rings. The average Bonchev–Trinajstić information content (AvgIpc) is 2.79. The van der Waals surface area contributed by atoms with E-state index in [2.05, 4.69) is 32.1 Å².